The van der Waals surface area contributed by atoms with Crippen molar-refractivity contribution in [1.29, 1.82) is 0 Å². The molecule has 0 amide bonds. The van der Waals surface area contributed by atoms with Crippen LogP contribution in [-0.4, -0.2) is 6.21 Å². The van der Waals surface area contributed by atoms with Gasteiger partial charge in [-0.3, -0.25) is 4.99 Å². The second-order valence-corrected chi connectivity index (χ2v) is 15.7. The first-order chi connectivity index (χ1) is 26.8. The van der Waals surface area contributed by atoms with Gasteiger partial charge in [-0.2, -0.15) is 0 Å². The average molecular weight is 710 g/mol. The maximum absolute atomic E-state index is 4.83. The normalized spacial score (nSPS) is 21.5. The highest BCUT2D eigenvalue weighted by Crippen LogP contribution is 2.67. The summed E-state index contributed by atoms with van der Waals surface area (Å²) in [7, 11) is 0. The molecular weight excluding hydrogens is 671 g/mol. The molecule has 10 rings (SSSR count). The standard InChI is InChI=1S/C52H39NS/c1-3-13-37(14-4-1)39-26-29-42(30-27-39)53-34-33-40(38-15-5-2-6-16-38)25-23-36-24-31-44-45-32-28-41-17-7-8-18-43(41)51(45)52(48(44)35-36)46-19-9-11-21-49(46)54-50-22-12-10-20-47(50)52/h1-35,41,43,45,51H/b25-23-,40-33+,53-34-. The molecule has 54 heavy (non-hydrogen) atoms. The molecule has 0 radical (unpaired) electrons. The van der Waals surface area contributed by atoms with E-state index in [0.29, 0.717) is 23.7 Å². The van der Waals surface area contributed by atoms with Gasteiger partial charge in [0.25, 0.3) is 0 Å². The highest BCUT2D eigenvalue weighted by Gasteiger charge is 2.59. The van der Waals surface area contributed by atoms with Gasteiger partial charge in [-0.1, -0.05) is 188 Å². The summed E-state index contributed by atoms with van der Waals surface area (Å²) in [4.78, 5) is 7.57. The lowest BCUT2D eigenvalue weighted by molar-refractivity contribution is 0.244. The van der Waals surface area contributed by atoms with Crippen LogP contribution in [0.1, 0.15) is 39.3 Å². The van der Waals surface area contributed by atoms with Gasteiger partial charge >= 0.3 is 0 Å². The van der Waals surface area contributed by atoms with Crippen LogP contribution in [-0.2, 0) is 5.41 Å². The number of rotatable bonds is 6. The fourth-order valence-corrected chi connectivity index (χ4v) is 10.7. The largest absolute Gasteiger partial charge is 0.257 e. The molecule has 4 unspecified atom stereocenters. The smallest absolute Gasteiger partial charge is 0.0630 e. The predicted molar refractivity (Wildman–Crippen MR) is 227 cm³/mol. The minimum atomic E-state index is -0.272. The van der Waals surface area contributed by atoms with E-state index in [2.05, 4.69) is 200 Å². The Morgan fingerprint density at radius 1 is 0.593 bits per heavy atom. The zero-order chi connectivity index (χ0) is 35.9. The first-order valence-corrected chi connectivity index (χ1v) is 19.8. The summed E-state index contributed by atoms with van der Waals surface area (Å²) < 4.78 is 0. The zero-order valence-corrected chi connectivity index (χ0v) is 30.7. The van der Waals surface area contributed by atoms with Crippen molar-refractivity contribution in [3.05, 3.63) is 234 Å². The van der Waals surface area contributed by atoms with Crippen molar-refractivity contribution < 1.29 is 0 Å². The maximum Gasteiger partial charge on any atom is 0.0630 e. The van der Waals surface area contributed by atoms with Crippen molar-refractivity contribution in [3.8, 4) is 11.1 Å². The molecule has 3 aliphatic carbocycles. The van der Waals surface area contributed by atoms with Crippen molar-refractivity contribution in [2.75, 3.05) is 0 Å². The summed E-state index contributed by atoms with van der Waals surface area (Å²) in [6.45, 7) is 0. The van der Waals surface area contributed by atoms with Crippen molar-refractivity contribution in [2.24, 2.45) is 22.7 Å². The van der Waals surface area contributed by atoms with Gasteiger partial charge in [0, 0.05) is 27.8 Å². The second kappa shape index (κ2) is 13.8. The summed E-state index contributed by atoms with van der Waals surface area (Å²) in [5.41, 5.74) is 12.3. The molecule has 0 saturated heterocycles. The van der Waals surface area contributed by atoms with Gasteiger partial charge in [-0.05, 0) is 92.3 Å². The maximum atomic E-state index is 4.83. The predicted octanol–water partition coefficient (Wildman–Crippen LogP) is 13.3. The Morgan fingerprint density at radius 2 is 1.26 bits per heavy atom. The van der Waals surface area contributed by atoms with Crippen LogP contribution >= 0.6 is 11.8 Å². The molecule has 6 aromatic carbocycles. The van der Waals surface area contributed by atoms with E-state index in [1.807, 2.05) is 24.0 Å². The first kappa shape index (κ1) is 32.7. The van der Waals surface area contributed by atoms with E-state index in [9.17, 15) is 0 Å². The number of nitrogens with zero attached hydrogens (tertiary/aromatic N) is 1. The molecule has 0 fully saturated rings. The zero-order valence-electron chi connectivity index (χ0n) is 29.9. The van der Waals surface area contributed by atoms with Crippen LogP contribution in [0, 0.1) is 17.8 Å². The van der Waals surface area contributed by atoms with E-state index in [-0.39, 0.29) is 5.41 Å². The molecule has 0 saturated carbocycles. The molecule has 1 spiro atoms. The van der Waals surface area contributed by atoms with Crippen molar-refractivity contribution in [3.63, 3.8) is 0 Å². The lowest BCUT2D eigenvalue weighted by Crippen LogP contribution is -2.44. The van der Waals surface area contributed by atoms with Crippen LogP contribution in [0.4, 0.5) is 5.69 Å². The Hall–Kier alpha value is -5.96. The van der Waals surface area contributed by atoms with Gasteiger partial charge in [-0.25, -0.2) is 0 Å². The lowest BCUT2D eigenvalue weighted by atomic mass is 9.56. The van der Waals surface area contributed by atoms with Crippen LogP contribution in [0.5, 0.6) is 0 Å². The minimum Gasteiger partial charge on any atom is -0.257 e. The molecule has 4 atom stereocenters. The molecule has 4 aliphatic rings. The fourth-order valence-electron chi connectivity index (χ4n) is 9.46. The first-order valence-electron chi connectivity index (χ1n) is 19.0. The van der Waals surface area contributed by atoms with Crippen LogP contribution in [0.15, 0.2) is 215 Å². The average Bonchev–Trinajstić information content (AvgIpc) is 3.53. The van der Waals surface area contributed by atoms with Crippen LogP contribution in [0.25, 0.3) is 22.8 Å². The molecule has 2 heteroatoms. The van der Waals surface area contributed by atoms with Crippen LogP contribution in [0.3, 0.4) is 0 Å². The summed E-state index contributed by atoms with van der Waals surface area (Å²) in [5.74, 6) is 1.50. The Morgan fingerprint density at radius 3 is 2.02 bits per heavy atom. The van der Waals surface area contributed by atoms with Gasteiger partial charge in [0.2, 0.25) is 0 Å². The quantitative estimate of drug-likeness (QED) is 0.0953. The number of allylic oxidation sites excluding steroid dienone is 9. The van der Waals surface area contributed by atoms with Crippen LogP contribution < -0.4 is 0 Å². The van der Waals surface area contributed by atoms with Crippen molar-refractivity contribution in [1.82, 2.24) is 0 Å². The summed E-state index contributed by atoms with van der Waals surface area (Å²) in [6, 6.07) is 55.1. The van der Waals surface area contributed by atoms with E-state index in [0.717, 1.165) is 16.8 Å². The topological polar surface area (TPSA) is 12.4 Å². The summed E-state index contributed by atoms with van der Waals surface area (Å²) in [5, 5.41) is 0. The Kier molecular flexibility index (Phi) is 8.34. The Bertz CT molecular complexity index is 2490. The molecule has 6 aromatic rings. The fraction of sp³-hybridized carbons (Fsp3) is 0.0962. The van der Waals surface area contributed by atoms with E-state index < -0.39 is 0 Å². The Labute approximate surface area is 322 Å². The van der Waals surface area contributed by atoms with E-state index in [1.54, 1.807) is 0 Å². The van der Waals surface area contributed by atoms with Gasteiger partial charge < -0.3 is 0 Å². The van der Waals surface area contributed by atoms with Gasteiger partial charge in [-0.15, -0.1) is 0 Å². The number of benzene rings is 6. The van der Waals surface area contributed by atoms with Gasteiger partial charge in [0.05, 0.1) is 11.1 Å². The number of fused-ring (bicyclic) bond motifs is 11. The third kappa shape index (κ3) is 5.52. The minimum absolute atomic E-state index is 0.272. The van der Waals surface area contributed by atoms with Gasteiger partial charge in [0.1, 0.15) is 0 Å². The third-order valence-corrected chi connectivity index (χ3v) is 12.9. The van der Waals surface area contributed by atoms with E-state index in [4.69, 9.17) is 4.99 Å². The van der Waals surface area contributed by atoms with Crippen molar-refractivity contribution in [2.45, 2.75) is 21.1 Å². The van der Waals surface area contributed by atoms with Crippen LogP contribution in [0.2, 0.25) is 0 Å². The highest BCUT2D eigenvalue weighted by molar-refractivity contribution is 7.99. The molecular formula is C52H39NS. The molecule has 1 heterocycles. The number of hydrogen-bond donors (Lipinski definition) is 0. The second-order valence-electron chi connectivity index (χ2n) is 14.6. The molecule has 0 aromatic heterocycles. The molecule has 258 valence electrons. The third-order valence-electron chi connectivity index (χ3n) is 11.8. The lowest BCUT2D eigenvalue weighted by Gasteiger charge is -2.48. The monoisotopic (exact) mass is 709 g/mol. The molecule has 1 aliphatic heterocycles. The number of aliphatic imine (C=N–C) groups is 1. The van der Waals surface area contributed by atoms with E-state index >= 15 is 0 Å². The Balaban J connectivity index is 1.06. The SMILES string of the molecule is C1=CC2C=CC3c4ccc(\C=C/C(=C\C=N/c5ccc(-c6ccccc6)cc5)c5ccccc5)cc4C4(c5ccccc5Sc5ccccc54)C3C2C=C1. The highest BCUT2D eigenvalue weighted by atomic mass is 32.2. The van der Waals surface area contributed by atoms with E-state index in [1.165, 1.54) is 48.7 Å². The summed E-state index contributed by atoms with van der Waals surface area (Å²) in [6.07, 6.45) is 23.0. The molecule has 1 nitrogen and oxygen atoms in total. The molecule has 0 bridgehead atoms. The molecule has 0 N–H and O–H groups in total. The van der Waals surface area contributed by atoms with Gasteiger partial charge in [0.15, 0.2) is 0 Å². The van der Waals surface area contributed by atoms with Crippen molar-refractivity contribution >= 4 is 35.3 Å². The number of hydrogen-bond acceptors (Lipinski definition) is 2. The summed E-state index contributed by atoms with van der Waals surface area (Å²) >= 11 is 1.92.